The van der Waals surface area contributed by atoms with Crippen LogP contribution in [0.4, 0.5) is 0 Å². The van der Waals surface area contributed by atoms with Crippen molar-refractivity contribution in [1.29, 1.82) is 0 Å². The molecular formula is C26H30Cl2N4O3. The first-order valence-corrected chi connectivity index (χ1v) is 12.7. The fraction of sp³-hybridized carbons (Fsp3) is 0.462. The van der Waals surface area contributed by atoms with E-state index in [2.05, 4.69) is 4.98 Å². The summed E-state index contributed by atoms with van der Waals surface area (Å²) in [7, 11) is 1.81. The Hall–Kier alpha value is -2.64. The van der Waals surface area contributed by atoms with Crippen molar-refractivity contribution in [3.05, 3.63) is 63.9 Å². The molecule has 0 saturated carbocycles. The molecule has 186 valence electrons. The Labute approximate surface area is 216 Å². The number of amides is 3. The van der Waals surface area contributed by atoms with E-state index < -0.39 is 0 Å². The summed E-state index contributed by atoms with van der Waals surface area (Å²) in [5.74, 6) is -0.142. The van der Waals surface area contributed by atoms with Crippen molar-refractivity contribution in [1.82, 2.24) is 19.7 Å². The predicted octanol–water partition coefficient (Wildman–Crippen LogP) is 4.10. The van der Waals surface area contributed by atoms with Crippen LogP contribution in [0.2, 0.25) is 10.0 Å². The summed E-state index contributed by atoms with van der Waals surface area (Å²) in [5, 5.41) is 0.914. The molecular weight excluding hydrogens is 487 g/mol. The molecule has 1 aromatic carbocycles. The average Bonchev–Trinajstić information content (AvgIpc) is 2.89. The summed E-state index contributed by atoms with van der Waals surface area (Å²) in [6.07, 6.45) is 5.20. The van der Waals surface area contributed by atoms with Gasteiger partial charge in [0.05, 0.1) is 15.6 Å². The second-order valence-electron chi connectivity index (χ2n) is 9.36. The van der Waals surface area contributed by atoms with Crippen LogP contribution >= 0.6 is 23.2 Å². The van der Waals surface area contributed by atoms with E-state index in [4.69, 9.17) is 23.2 Å². The number of rotatable bonds is 4. The van der Waals surface area contributed by atoms with Crippen LogP contribution in [-0.4, -0.2) is 76.7 Å². The number of benzene rings is 1. The highest BCUT2D eigenvalue weighted by Gasteiger charge is 2.39. The largest absolute Gasteiger partial charge is 0.343 e. The number of hydrogen-bond donors (Lipinski definition) is 0. The minimum absolute atomic E-state index is 0.0534. The van der Waals surface area contributed by atoms with Crippen molar-refractivity contribution in [2.75, 3.05) is 33.2 Å². The summed E-state index contributed by atoms with van der Waals surface area (Å²) in [6.45, 7) is 3.84. The van der Waals surface area contributed by atoms with Gasteiger partial charge in [-0.1, -0.05) is 29.3 Å². The number of hydrogen-bond acceptors (Lipinski definition) is 4. The van der Waals surface area contributed by atoms with Crippen molar-refractivity contribution in [3.63, 3.8) is 0 Å². The maximum absolute atomic E-state index is 13.4. The third-order valence-electron chi connectivity index (χ3n) is 7.28. The Morgan fingerprint density at radius 1 is 1.00 bits per heavy atom. The SMILES string of the molecule is CC(=O)N1CCC(C(=O)N2CCC(N(C)C(=O)c3cccnc3)C(c3ccc(Cl)c(Cl)c3)C2)CC1. The van der Waals surface area contributed by atoms with E-state index in [-0.39, 0.29) is 35.6 Å². The van der Waals surface area contributed by atoms with Gasteiger partial charge in [-0.15, -0.1) is 0 Å². The minimum Gasteiger partial charge on any atom is -0.343 e. The Kier molecular flexibility index (Phi) is 7.97. The van der Waals surface area contributed by atoms with Crippen LogP contribution in [0, 0.1) is 5.92 Å². The van der Waals surface area contributed by atoms with Gasteiger partial charge >= 0.3 is 0 Å². The number of piperidine rings is 2. The molecule has 2 aliphatic rings. The zero-order valence-corrected chi connectivity index (χ0v) is 21.5. The molecule has 0 bridgehead atoms. The molecule has 3 heterocycles. The molecule has 0 spiro atoms. The van der Waals surface area contributed by atoms with Gasteiger partial charge in [-0.3, -0.25) is 19.4 Å². The lowest BCUT2D eigenvalue weighted by Crippen LogP contribution is -2.53. The Morgan fingerprint density at radius 2 is 1.71 bits per heavy atom. The highest BCUT2D eigenvalue weighted by atomic mass is 35.5. The van der Waals surface area contributed by atoms with Crippen molar-refractivity contribution < 1.29 is 14.4 Å². The first-order valence-electron chi connectivity index (χ1n) is 11.9. The van der Waals surface area contributed by atoms with Crippen LogP contribution in [0.5, 0.6) is 0 Å². The lowest BCUT2D eigenvalue weighted by atomic mass is 9.83. The number of nitrogens with zero attached hydrogens (tertiary/aromatic N) is 4. The third-order valence-corrected chi connectivity index (χ3v) is 8.01. The molecule has 2 aliphatic heterocycles. The van der Waals surface area contributed by atoms with Gasteiger partial charge in [-0.2, -0.15) is 0 Å². The predicted molar refractivity (Wildman–Crippen MR) is 135 cm³/mol. The Bertz CT molecular complexity index is 1090. The fourth-order valence-corrected chi connectivity index (χ4v) is 5.52. The molecule has 4 rings (SSSR count). The molecule has 2 aromatic rings. The van der Waals surface area contributed by atoms with Gasteiger partial charge in [-0.25, -0.2) is 0 Å². The summed E-state index contributed by atoms with van der Waals surface area (Å²) < 4.78 is 0. The van der Waals surface area contributed by atoms with Gasteiger partial charge < -0.3 is 14.7 Å². The number of likely N-dealkylation sites (tertiary alicyclic amines) is 2. The smallest absolute Gasteiger partial charge is 0.255 e. The summed E-state index contributed by atoms with van der Waals surface area (Å²) in [4.78, 5) is 47.9. The number of aromatic nitrogens is 1. The van der Waals surface area contributed by atoms with E-state index in [1.54, 1.807) is 54.4 Å². The molecule has 0 N–H and O–H groups in total. The molecule has 9 heteroatoms. The van der Waals surface area contributed by atoms with Crippen molar-refractivity contribution in [2.45, 2.75) is 38.1 Å². The highest BCUT2D eigenvalue weighted by Crippen LogP contribution is 2.35. The van der Waals surface area contributed by atoms with E-state index in [1.807, 2.05) is 17.0 Å². The molecule has 2 saturated heterocycles. The molecule has 2 unspecified atom stereocenters. The molecule has 35 heavy (non-hydrogen) atoms. The van der Waals surface area contributed by atoms with Gasteiger partial charge in [0.15, 0.2) is 0 Å². The van der Waals surface area contributed by atoms with E-state index >= 15 is 0 Å². The molecule has 0 radical (unpaired) electrons. The summed E-state index contributed by atoms with van der Waals surface area (Å²) in [6, 6.07) is 8.90. The Morgan fingerprint density at radius 3 is 2.34 bits per heavy atom. The van der Waals surface area contributed by atoms with Crippen LogP contribution < -0.4 is 0 Å². The molecule has 3 amide bonds. The third kappa shape index (κ3) is 5.62. The standard InChI is InChI=1S/C26H30Cl2N4O3/c1-17(33)31-11-7-18(8-12-31)26(35)32-13-9-24(30(2)25(34)20-4-3-10-29-15-20)21(16-32)19-5-6-22(27)23(28)14-19/h3-6,10,14-15,18,21,24H,7-9,11-13,16H2,1-2H3. The molecule has 2 atom stereocenters. The van der Waals surface area contributed by atoms with Crippen LogP contribution in [0.3, 0.4) is 0 Å². The summed E-state index contributed by atoms with van der Waals surface area (Å²) >= 11 is 12.5. The van der Waals surface area contributed by atoms with Crippen LogP contribution in [-0.2, 0) is 9.59 Å². The number of likely N-dealkylation sites (N-methyl/N-ethyl adjacent to an activating group) is 1. The molecule has 2 fully saturated rings. The van der Waals surface area contributed by atoms with Crippen molar-refractivity contribution >= 4 is 40.9 Å². The first kappa shape index (κ1) is 25.5. The first-order chi connectivity index (χ1) is 16.8. The highest BCUT2D eigenvalue weighted by molar-refractivity contribution is 6.42. The van der Waals surface area contributed by atoms with Gasteiger partial charge in [0.1, 0.15) is 0 Å². The van der Waals surface area contributed by atoms with E-state index in [0.29, 0.717) is 61.1 Å². The maximum atomic E-state index is 13.4. The zero-order chi connectivity index (χ0) is 25.1. The van der Waals surface area contributed by atoms with Gasteiger partial charge in [0.25, 0.3) is 5.91 Å². The quantitative estimate of drug-likeness (QED) is 0.612. The van der Waals surface area contributed by atoms with Crippen LogP contribution in [0.1, 0.15) is 48.0 Å². The Balaban J connectivity index is 1.55. The van der Waals surface area contributed by atoms with Gasteiger partial charge in [0.2, 0.25) is 11.8 Å². The van der Waals surface area contributed by atoms with Gasteiger partial charge in [-0.05, 0) is 49.1 Å². The van der Waals surface area contributed by atoms with E-state index in [9.17, 15) is 14.4 Å². The van der Waals surface area contributed by atoms with Crippen molar-refractivity contribution in [3.8, 4) is 0 Å². The normalized spacial score (nSPS) is 21.0. The topological polar surface area (TPSA) is 73.8 Å². The monoisotopic (exact) mass is 516 g/mol. The van der Waals surface area contributed by atoms with E-state index in [0.717, 1.165) is 5.56 Å². The van der Waals surface area contributed by atoms with E-state index in [1.165, 1.54) is 0 Å². The van der Waals surface area contributed by atoms with Crippen LogP contribution in [0.15, 0.2) is 42.7 Å². The van der Waals surface area contributed by atoms with Gasteiger partial charge in [0, 0.05) is 70.4 Å². The lowest BCUT2D eigenvalue weighted by Gasteiger charge is -2.44. The summed E-state index contributed by atoms with van der Waals surface area (Å²) in [5.41, 5.74) is 1.47. The van der Waals surface area contributed by atoms with Crippen molar-refractivity contribution in [2.24, 2.45) is 5.92 Å². The number of halogens is 2. The fourth-order valence-electron chi connectivity index (χ4n) is 5.22. The maximum Gasteiger partial charge on any atom is 0.255 e. The number of carbonyl (C=O) groups excluding carboxylic acids is 3. The average molecular weight is 517 g/mol. The zero-order valence-electron chi connectivity index (χ0n) is 20.0. The number of pyridine rings is 1. The second-order valence-corrected chi connectivity index (χ2v) is 10.2. The lowest BCUT2D eigenvalue weighted by molar-refractivity contribution is -0.141. The molecule has 1 aromatic heterocycles. The number of carbonyl (C=O) groups is 3. The molecule has 7 nitrogen and oxygen atoms in total. The molecule has 0 aliphatic carbocycles. The van der Waals surface area contributed by atoms with Crippen LogP contribution in [0.25, 0.3) is 0 Å². The second kappa shape index (κ2) is 11.0. The minimum atomic E-state index is -0.122.